The molecule has 0 saturated carbocycles. The molecule has 0 fully saturated rings. The molecule has 1 aromatic heterocycles. The lowest BCUT2D eigenvalue weighted by molar-refractivity contribution is 0.0581. The molecule has 5 heteroatoms. The van der Waals surface area contributed by atoms with Crippen molar-refractivity contribution >= 4 is 11.8 Å². The predicted octanol–water partition coefficient (Wildman–Crippen LogP) is 1.78. The lowest BCUT2D eigenvalue weighted by Gasteiger charge is -2.26. The van der Waals surface area contributed by atoms with Crippen LogP contribution in [0.25, 0.3) is 0 Å². The standard InChI is InChI=1S/C12H19N3O2/c1-12(2,3)17-11(16)15(8-6-13)10-5-4-7-14-9-10/h4-5,7,9H,6,8,13H2,1-3H3. The van der Waals surface area contributed by atoms with E-state index in [0.717, 1.165) is 0 Å². The lowest BCUT2D eigenvalue weighted by atomic mass is 10.2. The number of carbonyl (C=O) groups excluding carboxylic acids is 1. The Morgan fingerprint density at radius 1 is 1.53 bits per heavy atom. The molecule has 0 spiro atoms. The van der Waals surface area contributed by atoms with Crippen molar-refractivity contribution in [3.8, 4) is 0 Å². The monoisotopic (exact) mass is 237 g/mol. The van der Waals surface area contributed by atoms with Crippen molar-refractivity contribution in [2.75, 3.05) is 18.0 Å². The number of nitrogens with two attached hydrogens (primary N) is 1. The van der Waals surface area contributed by atoms with Crippen molar-refractivity contribution in [1.82, 2.24) is 4.98 Å². The molecule has 0 atom stereocenters. The summed E-state index contributed by atoms with van der Waals surface area (Å²) in [7, 11) is 0. The molecule has 1 rings (SSSR count). The molecule has 94 valence electrons. The third-order valence-electron chi connectivity index (χ3n) is 1.92. The Morgan fingerprint density at radius 2 is 2.24 bits per heavy atom. The Balaban J connectivity index is 2.83. The maximum Gasteiger partial charge on any atom is 0.414 e. The highest BCUT2D eigenvalue weighted by atomic mass is 16.6. The van der Waals surface area contributed by atoms with Crippen molar-refractivity contribution in [3.63, 3.8) is 0 Å². The molecule has 0 bridgehead atoms. The summed E-state index contributed by atoms with van der Waals surface area (Å²) in [6.07, 6.45) is 2.86. The smallest absolute Gasteiger partial charge is 0.414 e. The fourth-order valence-electron chi connectivity index (χ4n) is 1.29. The molecule has 0 aliphatic carbocycles. The van der Waals surface area contributed by atoms with Crippen LogP contribution in [0.2, 0.25) is 0 Å². The number of aromatic nitrogens is 1. The fourth-order valence-corrected chi connectivity index (χ4v) is 1.29. The maximum absolute atomic E-state index is 12.0. The van der Waals surface area contributed by atoms with Crippen molar-refractivity contribution < 1.29 is 9.53 Å². The predicted molar refractivity (Wildman–Crippen MR) is 66.9 cm³/mol. The Labute approximate surface area is 102 Å². The number of ether oxygens (including phenoxy) is 1. The van der Waals surface area contributed by atoms with Crippen LogP contribution in [-0.4, -0.2) is 29.8 Å². The van der Waals surface area contributed by atoms with Gasteiger partial charge in [0.2, 0.25) is 0 Å². The number of anilines is 1. The van der Waals surface area contributed by atoms with Gasteiger partial charge in [-0.05, 0) is 32.9 Å². The van der Waals surface area contributed by atoms with Gasteiger partial charge in [0.1, 0.15) is 5.60 Å². The first-order valence-corrected chi connectivity index (χ1v) is 5.54. The van der Waals surface area contributed by atoms with E-state index in [2.05, 4.69) is 4.98 Å². The summed E-state index contributed by atoms with van der Waals surface area (Å²) in [5.41, 5.74) is 5.66. The highest BCUT2D eigenvalue weighted by molar-refractivity contribution is 5.87. The molecular weight excluding hydrogens is 218 g/mol. The van der Waals surface area contributed by atoms with Crippen LogP contribution in [0.5, 0.6) is 0 Å². The van der Waals surface area contributed by atoms with E-state index in [1.54, 1.807) is 24.5 Å². The van der Waals surface area contributed by atoms with E-state index in [1.807, 2.05) is 20.8 Å². The Kier molecular flexibility index (Phi) is 4.45. The van der Waals surface area contributed by atoms with Crippen LogP contribution >= 0.6 is 0 Å². The molecule has 1 heterocycles. The van der Waals surface area contributed by atoms with Gasteiger partial charge in [0.15, 0.2) is 0 Å². The highest BCUT2D eigenvalue weighted by Crippen LogP contribution is 2.16. The number of hydrogen-bond acceptors (Lipinski definition) is 4. The molecule has 0 aromatic carbocycles. The first-order chi connectivity index (χ1) is 7.94. The number of carbonyl (C=O) groups is 1. The van der Waals surface area contributed by atoms with Gasteiger partial charge < -0.3 is 10.5 Å². The molecule has 17 heavy (non-hydrogen) atoms. The number of pyridine rings is 1. The minimum absolute atomic E-state index is 0.369. The number of hydrogen-bond donors (Lipinski definition) is 1. The fraction of sp³-hybridized carbons (Fsp3) is 0.500. The van der Waals surface area contributed by atoms with Crippen molar-refractivity contribution in [2.24, 2.45) is 5.73 Å². The van der Waals surface area contributed by atoms with Gasteiger partial charge in [-0.2, -0.15) is 0 Å². The van der Waals surface area contributed by atoms with Gasteiger partial charge in [0.25, 0.3) is 0 Å². The molecular formula is C12H19N3O2. The second-order valence-electron chi connectivity index (χ2n) is 4.63. The van der Waals surface area contributed by atoms with Gasteiger partial charge in [-0.1, -0.05) is 0 Å². The van der Waals surface area contributed by atoms with Crippen molar-refractivity contribution in [3.05, 3.63) is 24.5 Å². The summed E-state index contributed by atoms with van der Waals surface area (Å²) in [6.45, 7) is 6.26. The number of rotatable bonds is 3. The van der Waals surface area contributed by atoms with E-state index in [1.165, 1.54) is 4.90 Å². The Morgan fingerprint density at radius 3 is 2.71 bits per heavy atom. The van der Waals surface area contributed by atoms with Gasteiger partial charge in [-0.25, -0.2) is 4.79 Å². The highest BCUT2D eigenvalue weighted by Gasteiger charge is 2.22. The second kappa shape index (κ2) is 5.63. The van der Waals surface area contributed by atoms with Gasteiger partial charge in [0, 0.05) is 19.3 Å². The van der Waals surface area contributed by atoms with Crippen LogP contribution in [-0.2, 0) is 4.74 Å². The zero-order chi connectivity index (χ0) is 12.9. The average molecular weight is 237 g/mol. The third-order valence-corrected chi connectivity index (χ3v) is 1.92. The van der Waals surface area contributed by atoms with E-state index < -0.39 is 11.7 Å². The van der Waals surface area contributed by atoms with Crippen LogP contribution in [0.3, 0.4) is 0 Å². The van der Waals surface area contributed by atoms with E-state index >= 15 is 0 Å². The molecule has 0 saturated heterocycles. The van der Waals surface area contributed by atoms with Crippen LogP contribution < -0.4 is 10.6 Å². The van der Waals surface area contributed by atoms with E-state index in [4.69, 9.17) is 10.5 Å². The van der Waals surface area contributed by atoms with E-state index in [-0.39, 0.29) is 0 Å². The normalized spacial score (nSPS) is 11.1. The molecule has 0 aliphatic heterocycles. The number of nitrogens with zero attached hydrogens (tertiary/aromatic N) is 2. The summed E-state index contributed by atoms with van der Waals surface area (Å²) < 4.78 is 5.31. The Hall–Kier alpha value is -1.62. The Bertz CT molecular complexity index is 360. The summed E-state index contributed by atoms with van der Waals surface area (Å²) >= 11 is 0. The molecule has 1 amide bonds. The minimum Gasteiger partial charge on any atom is -0.443 e. The molecule has 0 aliphatic rings. The van der Waals surface area contributed by atoms with Crippen LogP contribution in [0.15, 0.2) is 24.5 Å². The molecule has 0 radical (unpaired) electrons. The van der Waals surface area contributed by atoms with E-state index in [0.29, 0.717) is 18.8 Å². The first-order valence-electron chi connectivity index (χ1n) is 5.54. The summed E-state index contributed by atoms with van der Waals surface area (Å²) in [6, 6.07) is 3.57. The van der Waals surface area contributed by atoms with Crippen LogP contribution in [0.4, 0.5) is 10.5 Å². The SMILES string of the molecule is CC(C)(C)OC(=O)N(CCN)c1cccnc1. The lowest BCUT2D eigenvalue weighted by Crippen LogP contribution is -2.39. The maximum atomic E-state index is 12.0. The molecule has 0 unspecified atom stereocenters. The van der Waals surface area contributed by atoms with E-state index in [9.17, 15) is 4.79 Å². The van der Waals surface area contributed by atoms with Gasteiger partial charge >= 0.3 is 6.09 Å². The molecule has 5 nitrogen and oxygen atoms in total. The second-order valence-corrected chi connectivity index (χ2v) is 4.63. The zero-order valence-electron chi connectivity index (χ0n) is 10.5. The van der Waals surface area contributed by atoms with Gasteiger partial charge in [-0.15, -0.1) is 0 Å². The van der Waals surface area contributed by atoms with Crippen molar-refractivity contribution in [2.45, 2.75) is 26.4 Å². The van der Waals surface area contributed by atoms with Gasteiger partial charge in [0.05, 0.1) is 11.9 Å². The molecule has 1 aromatic rings. The zero-order valence-corrected chi connectivity index (χ0v) is 10.5. The van der Waals surface area contributed by atoms with Crippen LogP contribution in [0, 0.1) is 0 Å². The summed E-state index contributed by atoms with van der Waals surface area (Å²) in [4.78, 5) is 17.4. The van der Waals surface area contributed by atoms with Crippen molar-refractivity contribution in [1.29, 1.82) is 0 Å². The third kappa shape index (κ3) is 4.40. The quantitative estimate of drug-likeness (QED) is 0.870. The molecule has 2 N–H and O–H groups in total. The number of amides is 1. The van der Waals surface area contributed by atoms with Crippen LogP contribution in [0.1, 0.15) is 20.8 Å². The van der Waals surface area contributed by atoms with Gasteiger partial charge in [-0.3, -0.25) is 9.88 Å². The largest absolute Gasteiger partial charge is 0.443 e. The minimum atomic E-state index is -0.522. The average Bonchev–Trinajstić information content (AvgIpc) is 2.24. The summed E-state index contributed by atoms with van der Waals surface area (Å²) in [5, 5.41) is 0. The summed E-state index contributed by atoms with van der Waals surface area (Å²) in [5.74, 6) is 0. The first kappa shape index (κ1) is 13.4. The topological polar surface area (TPSA) is 68.5 Å².